The Morgan fingerprint density at radius 2 is 2.33 bits per heavy atom. The maximum atomic E-state index is 9.48. The van der Waals surface area contributed by atoms with Gasteiger partial charge in [0.1, 0.15) is 0 Å². The summed E-state index contributed by atoms with van der Waals surface area (Å²) in [4.78, 5) is 0. The Morgan fingerprint density at radius 1 is 1.53 bits per heavy atom. The fourth-order valence-electron chi connectivity index (χ4n) is 1.91. The number of hydrogen-bond donors (Lipinski definition) is 1. The standard InChI is InChI=1S/C12H15BrOS/c1-8(14)9-2-3-11(12(13)6-9)10-4-5-15-7-10/h2-3,6,8,10,14H,4-5,7H2,1H3. The van der Waals surface area contributed by atoms with Crippen LogP contribution in [0.15, 0.2) is 22.7 Å². The SMILES string of the molecule is CC(O)c1ccc(C2CCSC2)c(Br)c1. The number of thioether (sulfide) groups is 1. The van der Waals surface area contributed by atoms with Crippen LogP contribution in [-0.4, -0.2) is 16.6 Å². The van der Waals surface area contributed by atoms with Gasteiger partial charge in [-0.2, -0.15) is 11.8 Å². The van der Waals surface area contributed by atoms with E-state index >= 15 is 0 Å². The lowest BCUT2D eigenvalue weighted by Crippen LogP contribution is -1.99. The van der Waals surface area contributed by atoms with E-state index in [4.69, 9.17) is 0 Å². The van der Waals surface area contributed by atoms with Gasteiger partial charge in [-0.15, -0.1) is 0 Å². The molecule has 1 fully saturated rings. The summed E-state index contributed by atoms with van der Waals surface area (Å²) in [5, 5.41) is 9.48. The second kappa shape index (κ2) is 4.89. The molecule has 2 atom stereocenters. The van der Waals surface area contributed by atoms with Crippen molar-refractivity contribution in [3.05, 3.63) is 33.8 Å². The molecule has 0 radical (unpaired) electrons. The molecule has 1 aliphatic heterocycles. The van der Waals surface area contributed by atoms with Crippen LogP contribution in [0.2, 0.25) is 0 Å². The summed E-state index contributed by atoms with van der Waals surface area (Å²) in [6, 6.07) is 6.24. The van der Waals surface area contributed by atoms with Crippen molar-refractivity contribution in [3.63, 3.8) is 0 Å². The van der Waals surface area contributed by atoms with E-state index in [0.717, 1.165) is 10.0 Å². The zero-order chi connectivity index (χ0) is 10.8. The Kier molecular flexibility index (Phi) is 3.75. The Balaban J connectivity index is 2.25. The lowest BCUT2D eigenvalue weighted by atomic mass is 9.97. The van der Waals surface area contributed by atoms with Crippen LogP contribution in [-0.2, 0) is 0 Å². The molecule has 0 bridgehead atoms. The van der Waals surface area contributed by atoms with Gasteiger partial charge in [-0.25, -0.2) is 0 Å². The van der Waals surface area contributed by atoms with Gasteiger partial charge in [-0.05, 0) is 42.2 Å². The molecule has 15 heavy (non-hydrogen) atoms. The molecule has 3 heteroatoms. The van der Waals surface area contributed by atoms with Crippen LogP contribution < -0.4 is 0 Å². The lowest BCUT2D eigenvalue weighted by molar-refractivity contribution is 0.199. The summed E-state index contributed by atoms with van der Waals surface area (Å²) >= 11 is 5.63. The quantitative estimate of drug-likeness (QED) is 0.894. The number of halogens is 1. The molecule has 1 aromatic carbocycles. The molecule has 1 N–H and O–H groups in total. The largest absolute Gasteiger partial charge is 0.389 e. The van der Waals surface area contributed by atoms with E-state index in [0.29, 0.717) is 5.92 Å². The Morgan fingerprint density at radius 3 is 2.87 bits per heavy atom. The Labute approximate surface area is 103 Å². The van der Waals surface area contributed by atoms with Gasteiger partial charge >= 0.3 is 0 Å². The van der Waals surface area contributed by atoms with Crippen LogP contribution in [0.3, 0.4) is 0 Å². The lowest BCUT2D eigenvalue weighted by Gasteiger charge is -2.13. The van der Waals surface area contributed by atoms with Crippen molar-refractivity contribution >= 4 is 27.7 Å². The van der Waals surface area contributed by atoms with Crippen molar-refractivity contribution in [2.75, 3.05) is 11.5 Å². The molecule has 0 aliphatic carbocycles. The van der Waals surface area contributed by atoms with E-state index in [1.54, 1.807) is 6.92 Å². The molecule has 1 aliphatic rings. The monoisotopic (exact) mass is 286 g/mol. The summed E-state index contributed by atoms with van der Waals surface area (Å²) in [6.45, 7) is 1.80. The predicted octanol–water partition coefficient (Wildman–Crippen LogP) is 3.72. The highest BCUT2D eigenvalue weighted by molar-refractivity contribution is 9.10. The predicted molar refractivity (Wildman–Crippen MR) is 69.5 cm³/mol. The highest BCUT2D eigenvalue weighted by atomic mass is 79.9. The van der Waals surface area contributed by atoms with E-state index in [1.807, 2.05) is 23.9 Å². The summed E-state index contributed by atoms with van der Waals surface area (Å²) in [5.41, 5.74) is 2.38. The zero-order valence-corrected chi connectivity index (χ0v) is 11.1. The normalized spacial score (nSPS) is 23.0. The number of rotatable bonds is 2. The third kappa shape index (κ3) is 2.58. The maximum Gasteiger partial charge on any atom is 0.0762 e. The van der Waals surface area contributed by atoms with Crippen molar-refractivity contribution in [2.45, 2.75) is 25.4 Å². The molecular formula is C12H15BrOS. The van der Waals surface area contributed by atoms with Gasteiger partial charge in [0, 0.05) is 10.2 Å². The van der Waals surface area contributed by atoms with Crippen LogP contribution in [0.25, 0.3) is 0 Å². The van der Waals surface area contributed by atoms with E-state index in [2.05, 4.69) is 22.0 Å². The van der Waals surface area contributed by atoms with E-state index in [1.165, 1.54) is 23.5 Å². The summed E-state index contributed by atoms with van der Waals surface area (Å²) < 4.78 is 1.15. The van der Waals surface area contributed by atoms with E-state index in [9.17, 15) is 5.11 Å². The maximum absolute atomic E-state index is 9.48. The van der Waals surface area contributed by atoms with Gasteiger partial charge in [0.2, 0.25) is 0 Å². The van der Waals surface area contributed by atoms with Crippen LogP contribution in [0.1, 0.15) is 36.5 Å². The Bertz CT molecular complexity index is 345. The minimum absolute atomic E-state index is 0.381. The van der Waals surface area contributed by atoms with Crippen LogP contribution >= 0.6 is 27.7 Å². The summed E-state index contributed by atoms with van der Waals surface area (Å²) in [6.07, 6.45) is 0.894. The fraction of sp³-hybridized carbons (Fsp3) is 0.500. The number of aliphatic hydroxyl groups excluding tert-OH is 1. The topological polar surface area (TPSA) is 20.2 Å². The highest BCUT2D eigenvalue weighted by Crippen LogP contribution is 2.36. The molecule has 0 aromatic heterocycles. The van der Waals surface area contributed by atoms with Gasteiger partial charge in [0.15, 0.2) is 0 Å². The van der Waals surface area contributed by atoms with Crippen LogP contribution in [0.5, 0.6) is 0 Å². The average molecular weight is 287 g/mol. The van der Waals surface area contributed by atoms with Gasteiger partial charge < -0.3 is 5.11 Å². The third-order valence-electron chi connectivity index (χ3n) is 2.88. The van der Waals surface area contributed by atoms with Crippen LogP contribution in [0, 0.1) is 0 Å². The molecule has 82 valence electrons. The van der Waals surface area contributed by atoms with Gasteiger partial charge in [-0.3, -0.25) is 0 Å². The molecule has 2 rings (SSSR count). The molecular weight excluding hydrogens is 272 g/mol. The highest BCUT2D eigenvalue weighted by Gasteiger charge is 2.20. The average Bonchev–Trinajstić information content (AvgIpc) is 2.70. The molecule has 0 saturated carbocycles. The van der Waals surface area contributed by atoms with Crippen molar-refractivity contribution in [2.24, 2.45) is 0 Å². The van der Waals surface area contributed by atoms with E-state index < -0.39 is 0 Å². The second-order valence-electron chi connectivity index (χ2n) is 4.02. The molecule has 1 heterocycles. The minimum Gasteiger partial charge on any atom is -0.389 e. The first kappa shape index (κ1) is 11.5. The first-order chi connectivity index (χ1) is 7.18. The minimum atomic E-state index is -0.381. The molecule has 1 aromatic rings. The first-order valence-corrected chi connectivity index (χ1v) is 7.18. The number of benzene rings is 1. The fourth-order valence-corrected chi connectivity index (χ4v) is 3.88. The number of hydrogen-bond acceptors (Lipinski definition) is 2. The molecule has 1 nitrogen and oxygen atoms in total. The zero-order valence-electron chi connectivity index (χ0n) is 8.74. The summed E-state index contributed by atoms with van der Waals surface area (Å²) in [5.74, 6) is 3.19. The smallest absolute Gasteiger partial charge is 0.0762 e. The molecule has 1 saturated heterocycles. The molecule has 2 unspecified atom stereocenters. The molecule has 0 spiro atoms. The van der Waals surface area contributed by atoms with Gasteiger partial charge in [0.05, 0.1) is 6.10 Å². The summed E-state index contributed by atoms with van der Waals surface area (Å²) in [7, 11) is 0. The first-order valence-electron chi connectivity index (χ1n) is 5.23. The molecule has 0 amide bonds. The van der Waals surface area contributed by atoms with E-state index in [-0.39, 0.29) is 6.10 Å². The van der Waals surface area contributed by atoms with Gasteiger partial charge in [0.25, 0.3) is 0 Å². The third-order valence-corrected chi connectivity index (χ3v) is 4.73. The van der Waals surface area contributed by atoms with Gasteiger partial charge in [-0.1, -0.05) is 28.1 Å². The second-order valence-corrected chi connectivity index (χ2v) is 6.02. The van der Waals surface area contributed by atoms with Crippen molar-refractivity contribution in [3.8, 4) is 0 Å². The van der Waals surface area contributed by atoms with Crippen molar-refractivity contribution in [1.82, 2.24) is 0 Å². The number of aliphatic hydroxyl groups is 1. The Hall–Kier alpha value is 0.01000. The van der Waals surface area contributed by atoms with Crippen molar-refractivity contribution < 1.29 is 5.11 Å². The van der Waals surface area contributed by atoms with Crippen LogP contribution in [0.4, 0.5) is 0 Å². The van der Waals surface area contributed by atoms with Crippen molar-refractivity contribution in [1.29, 1.82) is 0 Å².